The van der Waals surface area contributed by atoms with Crippen molar-refractivity contribution in [3.05, 3.63) is 46.4 Å². The first kappa shape index (κ1) is 21.2. The number of anilines is 2. The second kappa shape index (κ2) is 8.98. The van der Waals surface area contributed by atoms with Gasteiger partial charge in [-0.1, -0.05) is 34.5 Å². The number of carbonyl (C=O) groups is 1. The van der Waals surface area contributed by atoms with E-state index in [9.17, 15) is 4.79 Å². The minimum atomic E-state index is -0.251. The molecule has 1 atom stereocenters. The van der Waals surface area contributed by atoms with Crippen LogP contribution in [-0.4, -0.2) is 55.6 Å². The maximum absolute atomic E-state index is 12.3. The van der Waals surface area contributed by atoms with Crippen LogP contribution in [0.15, 0.2) is 36.4 Å². The Labute approximate surface area is 189 Å². The quantitative estimate of drug-likeness (QED) is 0.569. The highest BCUT2D eigenvalue weighted by molar-refractivity contribution is 7.22. The van der Waals surface area contributed by atoms with E-state index in [1.54, 1.807) is 29.5 Å². The van der Waals surface area contributed by atoms with Gasteiger partial charge in [-0.05, 0) is 50.8 Å². The van der Waals surface area contributed by atoms with Crippen LogP contribution in [-0.2, 0) is 4.79 Å². The molecule has 1 saturated heterocycles. The number of ether oxygens (including phenoxy) is 1. The molecule has 0 aliphatic carbocycles. The van der Waals surface area contributed by atoms with E-state index in [1.807, 2.05) is 18.2 Å². The van der Waals surface area contributed by atoms with Gasteiger partial charge in [0.25, 0.3) is 5.91 Å². The van der Waals surface area contributed by atoms with Crippen molar-refractivity contribution in [3.8, 4) is 5.75 Å². The van der Waals surface area contributed by atoms with E-state index < -0.39 is 0 Å². The minimum Gasteiger partial charge on any atom is -0.484 e. The molecule has 3 aromatic rings. The zero-order chi connectivity index (χ0) is 21.3. The minimum absolute atomic E-state index is 0.121. The van der Waals surface area contributed by atoms with Crippen LogP contribution in [0.3, 0.4) is 0 Å². The molecule has 4 rings (SSSR count). The average Bonchev–Trinajstić information content (AvgIpc) is 3.35. The Morgan fingerprint density at radius 2 is 2.10 bits per heavy atom. The van der Waals surface area contributed by atoms with Crippen molar-refractivity contribution in [2.45, 2.75) is 12.5 Å². The van der Waals surface area contributed by atoms with Crippen LogP contribution in [0.5, 0.6) is 5.75 Å². The molecule has 158 valence electrons. The number of hydrogen-bond donors (Lipinski definition) is 1. The molecule has 1 aliphatic rings. The fraction of sp³-hybridized carbons (Fsp3) is 0.333. The molecule has 2 heterocycles. The van der Waals surface area contributed by atoms with Crippen molar-refractivity contribution < 1.29 is 9.53 Å². The summed E-state index contributed by atoms with van der Waals surface area (Å²) in [6.45, 7) is 1.88. The fourth-order valence-electron chi connectivity index (χ4n) is 3.38. The Bertz CT molecular complexity index is 1070. The Morgan fingerprint density at radius 1 is 1.27 bits per heavy atom. The predicted molar refractivity (Wildman–Crippen MR) is 125 cm³/mol. The summed E-state index contributed by atoms with van der Waals surface area (Å²) in [5.41, 5.74) is 1.65. The van der Waals surface area contributed by atoms with Gasteiger partial charge in [-0.25, -0.2) is 4.98 Å². The second-order valence-corrected chi connectivity index (χ2v) is 9.27. The number of aromatic nitrogens is 1. The van der Waals surface area contributed by atoms with E-state index in [4.69, 9.17) is 32.9 Å². The van der Waals surface area contributed by atoms with Gasteiger partial charge >= 0.3 is 0 Å². The maximum atomic E-state index is 12.3. The number of rotatable bonds is 6. The molecule has 0 saturated carbocycles. The number of fused-ring (bicyclic) bond motifs is 1. The lowest BCUT2D eigenvalue weighted by atomic mass is 10.2. The summed E-state index contributed by atoms with van der Waals surface area (Å²) in [5, 5.41) is 4.72. The summed E-state index contributed by atoms with van der Waals surface area (Å²) in [5.74, 6) is 0.238. The van der Waals surface area contributed by atoms with E-state index in [2.05, 4.69) is 29.2 Å². The topological polar surface area (TPSA) is 57.7 Å². The Morgan fingerprint density at radius 3 is 2.83 bits per heavy atom. The third-order valence-corrected chi connectivity index (χ3v) is 6.90. The summed E-state index contributed by atoms with van der Waals surface area (Å²) in [4.78, 5) is 21.6. The van der Waals surface area contributed by atoms with Crippen LogP contribution >= 0.6 is 34.5 Å². The Balaban J connectivity index is 1.38. The number of thiazole rings is 1. The molecule has 9 heteroatoms. The Hall–Kier alpha value is -2.06. The number of halogens is 2. The van der Waals surface area contributed by atoms with Gasteiger partial charge < -0.3 is 19.9 Å². The highest BCUT2D eigenvalue weighted by atomic mass is 35.5. The molecule has 1 N–H and O–H groups in total. The number of benzene rings is 2. The first-order valence-corrected chi connectivity index (χ1v) is 11.2. The molecule has 2 aromatic carbocycles. The first-order valence-electron chi connectivity index (χ1n) is 9.59. The monoisotopic (exact) mass is 464 g/mol. The number of carbonyl (C=O) groups excluding carboxylic acids is 1. The van der Waals surface area contributed by atoms with Crippen molar-refractivity contribution >= 4 is 61.5 Å². The van der Waals surface area contributed by atoms with Gasteiger partial charge in [0.15, 0.2) is 11.7 Å². The molecule has 1 aliphatic heterocycles. The smallest absolute Gasteiger partial charge is 0.262 e. The van der Waals surface area contributed by atoms with Crippen LogP contribution < -0.4 is 15.0 Å². The zero-order valence-corrected chi connectivity index (χ0v) is 19.0. The Kier molecular flexibility index (Phi) is 6.34. The third kappa shape index (κ3) is 4.81. The van der Waals surface area contributed by atoms with E-state index in [1.165, 1.54) is 0 Å². The molecule has 0 spiro atoms. The van der Waals surface area contributed by atoms with E-state index in [0.29, 0.717) is 27.5 Å². The molecule has 0 unspecified atom stereocenters. The van der Waals surface area contributed by atoms with Crippen molar-refractivity contribution in [1.82, 2.24) is 9.88 Å². The third-order valence-electron chi connectivity index (χ3n) is 5.09. The highest BCUT2D eigenvalue weighted by Crippen LogP contribution is 2.33. The van der Waals surface area contributed by atoms with Crippen LogP contribution in [0.4, 0.5) is 10.8 Å². The van der Waals surface area contributed by atoms with Crippen molar-refractivity contribution in [1.29, 1.82) is 0 Å². The molecule has 0 bridgehead atoms. The highest BCUT2D eigenvalue weighted by Gasteiger charge is 2.26. The molecule has 0 radical (unpaired) electrons. The molecule has 1 fully saturated rings. The van der Waals surface area contributed by atoms with Crippen molar-refractivity contribution in [3.63, 3.8) is 0 Å². The van der Waals surface area contributed by atoms with Gasteiger partial charge in [-0.3, -0.25) is 4.79 Å². The second-order valence-electron chi connectivity index (χ2n) is 7.44. The summed E-state index contributed by atoms with van der Waals surface area (Å²) in [6, 6.07) is 11.2. The van der Waals surface area contributed by atoms with E-state index >= 15 is 0 Å². The molecule has 6 nitrogen and oxygen atoms in total. The summed E-state index contributed by atoms with van der Waals surface area (Å²) >= 11 is 13.5. The van der Waals surface area contributed by atoms with Gasteiger partial charge in [-0.2, -0.15) is 0 Å². The molecule has 1 amide bonds. The number of hydrogen-bond acceptors (Lipinski definition) is 6. The maximum Gasteiger partial charge on any atom is 0.262 e. The average molecular weight is 465 g/mol. The standard InChI is InChI=1S/C21H22Cl2N4O2S/c1-26(2)14-7-8-27(11-14)21-25-18-6-3-13(9-19(18)30-21)24-20(28)12-29-15-4-5-16(22)17(23)10-15/h3-6,9-10,14H,7-8,11-12H2,1-2H3,(H,24,28)/t14-/m1/s1. The van der Waals surface area contributed by atoms with Gasteiger partial charge in [0.2, 0.25) is 0 Å². The zero-order valence-electron chi connectivity index (χ0n) is 16.7. The number of nitrogens with zero attached hydrogens (tertiary/aromatic N) is 3. The van der Waals surface area contributed by atoms with Gasteiger partial charge in [-0.15, -0.1) is 0 Å². The SMILES string of the molecule is CN(C)[C@@H]1CCN(c2nc3ccc(NC(=O)COc4ccc(Cl)c(Cl)c4)cc3s2)C1. The van der Waals surface area contributed by atoms with Gasteiger partial charge in [0.05, 0.1) is 20.3 Å². The molecular weight excluding hydrogens is 443 g/mol. The summed E-state index contributed by atoms with van der Waals surface area (Å²) in [7, 11) is 4.24. The van der Waals surface area contributed by atoms with Gasteiger partial charge in [0, 0.05) is 30.9 Å². The summed E-state index contributed by atoms with van der Waals surface area (Å²) < 4.78 is 6.53. The number of nitrogens with one attached hydrogen (secondary N) is 1. The largest absolute Gasteiger partial charge is 0.484 e. The summed E-state index contributed by atoms with van der Waals surface area (Å²) in [6.07, 6.45) is 1.14. The predicted octanol–water partition coefficient (Wildman–Crippen LogP) is 4.76. The first-order chi connectivity index (χ1) is 14.4. The molecule has 1 aromatic heterocycles. The van der Waals surface area contributed by atoms with Crippen LogP contribution in [0.2, 0.25) is 10.0 Å². The lowest BCUT2D eigenvalue weighted by Gasteiger charge is -2.19. The lowest BCUT2D eigenvalue weighted by molar-refractivity contribution is -0.118. The van der Waals surface area contributed by atoms with Crippen molar-refractivity contribution in [2.24, 2.45) is 0 Å². The van der Waals surface area contributed by atoms with Gasteiger partial charge in [0.1, 0.15) is 5.75 Å². The van der Waals surface area contributed by atoms with E-state index in [-0.39, 0.29) is 12.5 Å². The van der Waals surface area contributed by atoms with E-state index in [0.717, 1.165) is 34.9 Å². The number of likely N-dealkylation sites (N-methyl/N-ethyl adjacent to an activating group) is 1. The van der Waals surface area contributed by atoms with Crippen LogP contribution in [0.1, 0.15) is 6.42 Å². The molecule has 30 heavy (non-hydrogen) atoms. The van der Waals surface area contributed by atoms with Crippen LogP contribution in [0, 0.1) is 0 Å². The number of amides is 1. The normalized spacial score (nSPS) is 16.4. The lowest BCUT2D eigenvalue weighted by Crippen LogP contribution is -2.31. The van der Waals surface area contributed by atoms with Crippen LogP contribution in [0.25, 0.3) is 10.2 Å². The van der Waals surface area contributed by atoms with Crippen molar-refractivity contribution in [2.75, 3.05) is 44.0 Å². The fourth-order valence-corrected chi connectivity index (χ4v) is 4.70. The molecular formula is C21H22Cl2N4O2S.